The van der Waals surface area contributed by atoms with Gasteiger partial charge in [0.05, 0.1) is 12.7 Å². The second kappa shape index (κ2) is 6.50. The molecule has 18 heavy (non-hydrogen) atoms. The van der Waals surface area contributed by atoms with Crippen LogP contribution in [0.15, 0.2) is 42.5 Å². The molecule has 0 saturated carbocycles. The standard InChI is InChI=1S/C16H22O2/c1-13(10-11-15(17)16(2,3)4)18-12-14-8-6-5-7-9-14/h5-11,13H,12H2,1-4H3/b11-10+/t13-/m0/s1. The third-order valence-corrected chi connectivity index (χ3v) is 2.61. The van der Waals surface area contributed by atoms with Gasteiger partial charge in [-0.2, -0.15) is 0 Å². The molecule has 1 aromatic carbocycles. The average molecular weight is 246 g/mol. The fourth-order valence-corrected chi connectivity index (χ4v) is 1.33. The van der Waals surface area contributed by atoms with Gasteiger partial charge in [0.2, 0.25) is 0 Å². The van der Waals surface area contributed by atoms with Crippen molar-refractivity contribution in [3.8, 4) is 0 Å². The van der Waals surface area contributed by atoms with Crippen LogP contribution in [0.2, 0.25) is 0 Å². The van der Waals surface area contributed by atoms with Crippen molar-refractivity contribution in [2.75, 3.05) is 0 Å². The molecule has 0 fully saturated rings. The summed E-state index contributed by atoms with van der Waals surface area (Å²) in [6.45, 7) is 8.24. The maximum Gasteiger partial charge on any atom is 0.160 e. The third-order valence-electron chi connectivity index (χ3n) is 2.61. The predicted octanol–water partition coefficient (Wildman–Crippen LogP) is 3.76. The van der Waals surface area contributed by atoms with E-state index < -0.39 is 0 Å². The largest absolute Gasteiger partial charge is 0.370 e. The summed E-state index contributed by atoms with van der Waals surface area (Å²) in [6, 6.07) is 10.0. The van der Waals surface area contributed by atoms with Crippen LogP contribution in [-0.4, -0.2) is 11.9 Å². The Bertz CT molecular complexity index is 399. The first-order valence-corrected chi connectivity index (χ1v) is 6.28. The number of ether oxygens (including phenoxy) is 1. The van der Waals surface area contributed by atoms with Crippen molar-refractivity contribution in [3.05, 3.63) is 48.0 Å². The monoisotopic (exact) mass is 246 g/mol. The minimum atomic E-state index is -0.324. The van der Waals surface area contributed by atoms with Crippen LogP contribution in [0.25, 0.3) is 0 Å². The normalized spacial score (nSPS) is 13.8. The Labute approximate surface area is 110 Å². The molecule has 0 heterocycles. The van der Waals surface area contributed by atoms with Crippen LogP contribution in [0.5, 0.6) is 0 Å². The molecule has 2 nitrogen and oxygen atoms in total. The summed E-state index contributed by atoms with van der Waals surface area (Å²) in [5.74, 6) is 0.123. The van der Waals surface area contributed by atoms with E-state index in [0.717, 1.165) is 5.56 Å². The maximum atomic E-state index is 11.7. The van der Waals surface area contributed by atoms with Gasteiger partial charge in [-0.25, -0.2) is 0 Å². The van der Waals surface area contributed by atoms with Crippen LogP contribution < -0.4 is 0 Å². The Hall–Kier alpha value is -1.41. The van der Waals surface area contributed by atoms with Crippen molar-refractivity contribution in [3.63, 3.8) is 0 Å². The first kappa shape index (κ1) is 14.7. The molecule has 0 N–H and O–H groups in total. The number of ketones is 1. The molecule has 0 saturated heterocycles. The van der Waals surface area contributed by atoms with Crippen LogP contribution in [-0.2, 0) is 16.1 Å². The molecular weight excluding hydrogens is 224 g/mol. The summed E-state index contributed by atoms with van der Waals surface area (Å²) in [5.41, 5.74) is 0.815. The van der Waals surface area contributed by atoms with E-state index >= 15 is 0 Å². The lowest BCUT2D eigenvalue weighted by molar-refractivity contribution is -0.121. The topological polar surface area (TPSA) is 26.3 Å². The van der Waals surface area contributed by atoms with Gasteiger partial charge in [-0.05, 0) is 18.6 Å². The second-order valence-corrected chi connectivity index (χ2v) is 5.48. The molecule has 0 aliphatic carbocycles. The number of rotatable bonds is 5. The highest BCUT2D eigenvalue weighted by Gasteiger charge is 2.18. The lowest BCUT2D eigenvalue weighted by Gasteiger charge is -2.14. The Balaban J connectivity index is 2.41. The van der Waals surface area contributed by atoms with Crippen molar-refractivity contribution in [1.29, 1.82) is 0 Å². The van der Waals surface area contributed by atoms with E-state index in [1.165, 1.54) is 0 Å². The molecule has 0 aromatic heterocycles. The molecule has 0 bridgehead atoms. The average Bonchev–Trinajstić information content (AvgIpc) is 2.33. The van der Waals surface area contributed by atoms with Crippen LogP contribution in [0, 0.1) is 5.41 Å². The molecule has 2 heteroatoms. The van der Waals surface area contributed by atoms with E-state index in [4.69, 9.17) is 4.74 Å². The molecule has 0 aliphatic heterocycles. The number of hydrogen-bond acceptors (Lipinski definition) is 2. The summed E-state index contributed by atoms with van der Waals surface area (Å²) < 4.78 is 5.65. The van der Waals surface area contributed by atoms with Gasteiger partial charge in [-0.1, -0.05) is 57.2 Å². The molecule has 0 amide bonds. The van der Waals surface area contributed by atoms with E-state index in [0.29, 0.717) is 6.61 Å². The van der Waals surface area contributed by atoms with Crippen molar-refractivity contribution in [2.24, 2.45) is 5.41 Å². The van der Waals surface area contributed by atoms with E-state index in [-0.39, 0.29) is 17.3 Å². The SMILES string of the molecule is C[C@@H](/C=C/C(=O)C(C)(C)C)OCc1ccccc1. The van der Waals surface area contributed by atoms with E-state index in [2.05, 4.69) is 0 Å². The molecule has 0 radical (unpaired) electrons. The lowest BCUT2D eigenvalue weighted by Crippen LogP contribution is -2.18. The van der Waals surface area contributed by atoms with Crippen LogP contribution in [0.4, 0.5) is 0 Å². The first-order valence-electron chi connectivity index (χ1n) is 6.28. The fraction of sp³-hybridized carbons (Fsp3) is 0.438. The lowest BCUT2D eigenvalue weighted by atomic mass is 9.90. The van der Waals surface area contributed by atoms with E-state index in [1.807, 2.05) is 64.1 Å². The quantitative estimate of drug-likeness (QED) is 0.739. The van der Waals surface area contributed by atoms with Gasteiger partial charge in [-0.15, -0.1) is 0 Å². The van der Waals surface area contributed by atoms with Crippen molar-refractivity contribution in [1.82, 2.24) is 0 Å². The molecule has 0 unspecified atom stereocenters. The summed E-state index contributed by atoms with van der Waals surface area (Å²) >= 11 is 0. The molecule has 1 aromatic rings. The molecule has 98 valence electrons. The number of carbonyl (C=O) groups is 1. The van der Waals surface area contributed by atoms with E-state index in [9.17, 15) is 4.79 Å². The highest BCUT2D eigenvalue weighted by Crippen LogP contribution is 2.15. The second-order valence-electron chi connectivity index (χ2n) is 5.48. The number of allylic oxidation sites excluding steroid dienone is 1. The molecule has 0 aliphatic rings. The zero-order valence-electron chi connectivity index (χ0n) is 11.6. The van der Waals surface area contributed by atoms with Gasteiger partial charge in [0, 0.05) is 5.41 Å². The smallest absolute Gasteiger partial charge is 0.160 e. The van der Waals surface area contributed by atoms with Crippen molar-refractivity contribution >= 4 is 5.78 Å². The van der Waals surface area contributed by atoms with Gasteiger partial charge in [0.15, 0.2) is 5.78 Å². The Morgan fingerprint density at radius 2 is 1.89 bits per heavy atom. The number of benzene rings is 1. The maximum absolute atomic E-state index is 11.7. The highest BCUT2D eigenvalue weighted by molar-refractivity contribution is 5.93. The van der Waals surface area contributed by atoms with E-state index in [1.54, 1.807) is 6.08 Å². The zero-order chi connectivity index (χ0) is 13.6. The van der Waals surface area contributed by atoms with Crippen molar-refractivity contribution < 1.29 is 9.53 Å². The van der Waals surface area contributed by atoms with Crippen LogP contribution in [0.3, 0.4) is 0 Å². The predicted molar refractivity (Wildman–Crippen MR) is 74.3 cm³/mol. The van der Waals surface area contributed by atoms with Crippen LogP contribution >= 0.6 is 0 Å². The molecular formula is C16H22O2. The molecule has 0 spiro atoms. The third kappa shape index (κ3) is 5.28. The van der Waals surface area contributed by atoms with Crippen molar-refractivity contribution in [2.45, 2.75) is 40.4 Å². The van der Waals surface area contributed by atoms with Gasteiger partial charge in [-0.3, -0.25) is 4.79 Å². The van der Waals surface area contributed by atoms with Gasteiger partial charge in [0.25, 0.3) is 0 Å². The highest BCUT2D eigenvalue weighted by atomic mass is 16.5. The first-order chi connectivity index (χ1) is 8.39. The fourth-order valence-electron chi connectivity index (χ4n) is 1.33. The van der Waals surface area contributed by atoms with Gasteiger partial charge >= 0.3 is 0 Å². The van der Waals surface area contributed by atoms with Crippen LogP contribution in [0.1, 0.15) is 33.3 Å². The Morgan fingerprint density at radius 3 is 2.44 bits per heavy atom. The molecule has 1 rings (SSSR count). The molecule has 1 atom stereocenters. The number of carbonyl (C=O) groups excluding carboxylic acids is 1. The minimum Gasteiger partial charge on any atom is -0.370 e. The zero-order valence-corrected chi connectivity index (χ0v) is 11.6. The van der Waals surface area contributed by atoms with Gasteiger partial charge in [0.1, 0.15) is 0 Å². The summed E-state index contributed by atoms with van der Waals surface area (Å²) in [4.78, 5) is 11.7. The summed E-state index contributed by atoms with van der Waals surface area (Å²) in [7, 11) is 0. The summed E-state index contributed by atoms with van der Waals surface area (Å²) in [6.07, 6.45) is 3.38. The van der Waals surface area contributed by atoms with Gasteiger partial charge < -0.3 is 4.74 Å². The minimum absolute atomic E-state index is 0.0588. The summed E-state index contributed by atoms with van der Waals surface area (Å²) in [5, 5.41) is 0. The Morgan fingerprint density at radius 1 is 1.28 bits per heavy atom. The number of hydrogen-bond donors (Lipinski definition) is 0. The Kier molecular flexibility index (Phi) is 5.29.